The molecule has 0 amide bonds. The summed E-state index contributed by atoms with van der Waals surface area (Å²) < 4.78 is 6.83. The minimum atomic E-state index is 0.573. The van der Waals surface area contributed by atoms with E-state index in [4.69, 9.17) is 4.74 Å². The topological polar surface area (TPSA) is 21.3 Å². The van der Waals surface area contributed by atoms with Crippen molar-refractivity contribution in [1.29, 1.82) is 0 Å². The maximum absolute atomic E-state index is 5.66. The van der Waals surface area contributed by atoms with Crippen molar-refractivity contribution in [2.75, 3.05) is 13.2 Å². The summed E-state index contributed by atoms with van der Waals surface area (Å²) in [4.78, 5) is 0. The number of ether oxygens (including phenoxy) is 1. The number of halogens is 1. The minimum absolute atomic E-state index is 0.573. The monoisotopic (exact) mass is 319 g/mol. The number of para-hydroxylation sites is 1. The zero-order valence-electron chi connectivity index (χ0n) is 9.29. The smallest absolute Gasteiger partial charge is 0.132 e. The molecular weight excluding hydrogens is 301 g/mol. The molecule has 1 rings (SSSR count). The van der Waals surface area contributed by atoms with E-state index in [0.29, 0.717) is 6.04 Å². The molecule has 0 spiro atoms. The summed E-state index contributed by atoms with van der Waals surface area (Å²) in [6, 6.07) is 8.65. The van der Waals surface area contributed by atoms with E-state index in [1.165, 1.54) is 3.57 Å². The highest BCUT2D eigenvalue weighted by Crippen LogP contribution is 2.19. The third-order valence-corrected chi connectivity index (χ3v) is 3.19. The molecule has 0 saturated carbocycles. The van der Waals surface area contributed by atoms with Crippen molar-refractivity contribution in [3.8, 4) is 5.75 Å². The number of hydrogen-bond donors (Lipinski definition) is 1. The largest absolute Gasteiger partial charge is 0.491 e. The Morgan fingerprint density at radius 3 is 2.80 bits per heavy atom. The summed E-state index contributed by atoms with van der Waals surface area (Å²) in [5, 5.41) is 3.39. The molecule has 0 saturated heterocycles. The number of nitrogens with one attached hydrogen (secondary N) is 1. The summed E-state index contributed by atoms with van der Waals surface area (Å²) in [7, 11) is 0. The lowest BCUT2D eigenvalue weighted by Crippen LogP contribution is -2.29. The second kappa shape index (κ2) is 7.06. The third-order valence-electron chi connectivity index (χ3n) is 2.30. The summed E-state index contributed by atoms with van der Waals surface area (Å²) in [5.41, 5.74) is 0. The highest BCUT2D eigenvalue weighted by atomic mass is 127. The zero-order chi connectivity index (χ0) is 11.1. The highest BCUT2D eigenvalue weighted by Gasteiger charge is 1.99. The Morgan fingerprint density at radius 1 is 1.40 bits per heavy atom. The van der Waals surface area contributed by atoms with Crippen LogP contribution in [0.25, 0.3) is 0 Å². The van der Waals surface area contributed by atoms with Crippen LogP contribution in [0, 0.1) is 3.57 Å². The molecule has 1 N–H and O–H groups in total. The van der Waals surface area contributed by atoms with Crippen LogP contribution < -0.4 is 10.1 Å². The van der Waals surface area contributed by atoms with Crippen LogP contribution in [0.5, 0.6) is 5.75 Å². The maximum Gasteiger partial charge on any atom is 0.132 e. The van der Waals surface area contributed by atoms with E-state index in [-0.39, 0.29) is 0 Å². The number of hydrogen-bond acceptors (Lipinski definition) is 2. The summed E-state index contributed by atoms with van der Waals surface area (Å²) >= 11 is 2.29. The first-order valence-electron chi connectivity index (χ1n) is 5.34. The quantitative estimate of drug-likeness (QED) is 0.643. The molecule has 3 heteroatoms. The van der Waals surface area contributed by atoms with Crippen LogP contribution in [0.4, 0.5) is 0 Å². The Labute approximate surface area is 106 Å². The fraction of sp³-hybridized carbons (Fsp3) is 0.500. The van der Waals surface area contributed by atoms with E-state index < -0.39 is 0 Å². The molecule has 0 radical (unpaired) electrons. The molecule has 1 aromatic carbocycles. The van der Waals surface area contributed by atoms with Crippen LogP contribution in [-0.2, 0) is 0 Å². The first-order valence-corrected chi connectivity index (χ1v) is 6.42. The predicted octanol–water partition coefficient (Wildman–Crippen LogP) is 3.06. The van der Waals surface area contributed by atoms with E-state index in [2.05, 4.69) is 47.8 Å². The zero-order valence-corrected chi connectivity index (χ0v) is 11.5. The van der Waals surface area contributed by atoms with Gasteiger partial charge in [-0.25, -0.2) is 0 Å². The van der Waals surface area contributed by atoms with E-state index in [1.807, 2.05) is 18.2 Å². The molecule has 0 aliphatic rings. The van der Waals surface area contributed by atoms with Gasteiger partial charge in [0.1, 0.15) is 12.4 Å². The normalized spacial score (nSPS) is 12.5. The Bertz CT molecular complexity index is 291. The number of rotatable bonds is 6. The Kier molecular flexibility index (Phi) is 6.02. The second-order valence-electron chi connectivity index (χ2n) is 3.54. The Balaban J connectivity index is 2.23. The molecule has 0 aliphatic heterocycles. The van der Waals surface area contributed by atoms with Crippen molar-refractivity contribution in [1.82, 2.24) is 5.32 Å². The van der Waals surface area contributed by atoms with Crippen LogP contribution in [-0.4, -0.2) is 19.2 Å². The van der Waals surface area contributed by atoms with Gasteiger partial charge < -0.3 is 10.1 Å². The highest BCUT2D eigenvalue weighted by molar-refractivity contribution is 14.1. The van der Waals surface area contributed by atoms with Gasteiger partial charge in [-0.3, -0.25) is 0 Å². The number of benzene rings is 1. The Hall–Kier alpha value is -0.290. The lowest BCUT2D eigenvalue weighted by molar-refractivity contribution is 0.304. The van der Waals surface area contributed by atoms with Crippen LogP contribution in [0.1, 0.15) is 20.3 Å². The summed E-state index contributed by atoms with van der Waals surface area (Å²) in [6.07, 6.45) is 1.16. The van der Waals surface area contributed by atoms with Gasteiger partial charge in [-0.1, -0.05) is 19.1 Å². The molecule has 0 fully saturated rings. The van der Waals surface area contributed by atoms with Gasteiger partial charge in [0.05, 0.1) is 3.57 Å². The first-order chi connectivity index (χ1) is 7.24. The van der Waals surface area contributed by atoms with Gasteiger partial charge in [0.15, 0.2) is 0 Å². The van der Waals surface area contributed by atoms with E-state index in [1.54, 1.807) is 0 Å². The van der Waals surface area contributed by atoms with Crippen LogP contribution in [0.3, 0.4) is 0 Å². The molecule has 0 unspecified atom stereocenters. The van der Waals surface area contributed by atoms with Crippen molar-refractivity contribution in [3.05, 3.63) is 27.8 Å². The van der Waals surface area contributed by atoms with Gasteiger partial charge >= 0.3 is 0 Å². The standard InChI is InChI=1S/C12H18INO/c1-3-10(2)14-8-9-15-12-7-5-4-6-11(12)13/h4-7,10,14H,3,8-9H2,1-2H3/t10-/m0/s1. The molecule has 15 heavy (non-hydrogen) atoms. The lowest BCUT2D eigenvalue weighted by Gasteiger charge is -2.12. The molecule has 0 bridgehead atoms. The fourth-order valence-corrected chi connectivity index (χ4v) is 1.72. The summed E-state index contributed by atoms with van der Waals surface area (Å²) in [5.74, 6) is 0.976. The van der Waals surface area contributed by atoms with Gasteiger partial charge in [0.25, 0.3) is 0 Å². The van der Waals surface area contributed by atoms with Gasteiger partial charge in [-0.15, -0.1) is 0 Å². The average molecular weight is 319 g/mol. The van der Waals surface area contributed by atoms with Crippen LogP contribution in [0.2, 0.25) is 0 Å². The van der Waals surface area contributed by atoms with Crippen LogP contribution in [0.15, 0.2) is 24.3 Å². The van der Waals surface area contributed by atoms with E-state index in [0.717, 1.165) is 25.3 Å². The van der Waals surface area contributed by atoms with E-state index in [9.17, 15) is 0 Å². The molecule has 0 heterocycles. The molecule has 2 nitrogen and oxygen atoms in total. The SMILES string of the molecule is CC[C@H](C)NCCOc1ccccc1I. The molecule has 0 aliphatic carbocycles. The molecule has 84 valence electrons. The van der Waals surface area contributed by atoms with Crippen molar-refractivity contribution < 1.29 is 4.74 Å². The lowest BCUT2D eigenvalue weighted by atomic mass is 10.3. The second-order valence-corrected chi connectivity index (χ2v) is 4.70. The first kappa shape index (κ1) is 12.8. The fourth-order valence-electron chi connectivity index (χ4n) is 1.17. The third kappa shape index (κ3) is 4.84. The predicted molar refractivity (Wildman–Crippen MR) is 72.4 cm³/mol. The van der Waals surface area contributed by atoms with Crippen LogP contribution >= 0.6 is 22.6 Å². The van der Waals surface area contributed by atoms with Gasteiger partial charge in [0.2, 0.25) is 0 Å². The summed E-state index contributed by atoms with van der Waals surface area (Å²) in [6.45, 7) is 6.00. The minimum Gasteiger partial charge on any atom is -0.491 e. The molecular formula is C12H18INO. The van der Waals surface area contributed by atoms with Crippen molar-refractivity contribution in [3.63, 3.8) is 0 Å². The molecule has 1 atom stereocenters. The van der Waals surface area contributed by atoms with E-state index >= 15 is 0 Å². The van der Waals surface area contributed by atoms with Gasteiger partial charge in [-0.2, -0.15) is 0 Å². The van der Waals surface area contributed by atoms with Crippen molar-refractivity contribution in [2.45, 2.75) is 26.3 Å². The molecule has 0 aromatic heterocycles. The van der Waals surface area contributed by atoms with Crippen molar-refractivity contribution in [2.24, 2.45) is 0 Å². The Morgan fingerprint density at radius 2 is 2.13 bits per heavy atom. The van der Waals surface area contributed by atoms with Gasteiger partial charge in [0, 0.05) is 12.6 Å². The average Bonchev–Trinajstić information content (AvgIpc) is 2.26. The van der Waals surface area contributed by atoms with Gasteiger partial charge in [-0.05, 0) is 48.1 Å². The van der Waals surface area contributed by atoms with Crippen molar-refractivity contribution >= 4 is 22.6 Å². The molecule has 1 aromatic rings. The maximum atomic E-state index is 5.66.